The lowest BCUT2D eigenvalue weighted by atomic mass is 10.1. The SMILES string of the molecule is Cl.Cl.Fc1ccc(-c2n[nH]cc2CCN2CCOCC2)cc1.O. The second-order valence-electron chi connectivity index (χ2n) is 4.97. The highest BCUT2D eigenvalue weighted by atomic mass is 35.5. The average Bonchev–Trinajstić information content (AvgIpc) is 2.95. The molecule has 130 valence electrons. The number of aromatic nitrogens is 2. The third-order valence-corrected chi connectivity index (χ3v) is 3.64. The summed E-state index contributed by atoms with van der Waals surface area (Å²) in [6.07, 6.45) is 2.86. The lowest BCUT2D eigenvalue weighted by Gasteiger charge is -2.26. The van der Waals surface area contributed by atoms with Crippen LogP contribution >= 0.6 is 24.8 Å². The second-order valence-corrected chi connectivity index (χ2v) is 4.97. The number of ether oxygens (including phenoxy) is 1. The Kier molecular flexibility index (Phi) is 10.0. The van der Waals surface area contributed by atoms with Crippen molar-refractivity contribution in [3.05, 3.63) is 41.8 Å². The van der Waals surface area contributed by atoms with E-state index in [9.17, 15) is 4.39 Å². The molecular formula is C15H22Cl2FN3O2. The van der Waals surface area contributed by atoms with Crippen molar-refractivity contribution in [3.63, 3.8) is 0 Å². The van der Waals surface area contributed by atoms with Crippen molar-refractivity contribution >= 4 is 24.8 Å². The highest BCUT2D eigenvalue weighted by Gasteiger charge is 2.13. The minimum Gasteiger partial charge on any atom is -0.412 e. The fourth-order valence-corrected chi connectivity index (χ4v) is 2.47. The van der Waals surface area contributed by atoms with Crippen LogP contribution in [-0.2, 0) is 11.2 Å². The number of hydrogen-bond donors (Lipinski definition) is 1. The minimum atomic E-state index is -0.223. The summed E-state index contributed by atoms with van der Waals surface area (Å²) in [5.41, 5.74) is 3.03. The van der Waals surface area contributed by atoms with Crippen molar-refractivity contribution in [2.24, 2.45) is 0 Å². The number of hydrogen-bond acceptors (Lipinski definition) is 3. The predicted octanol–water partition coefficient (Wildman–Crippen LogP) is 2.11. The summed E-state index contributed by atoms with van der Waals surface area (Å²) in [5, 5.41) is 7.20. The van der Waals surface area contributed by atoms with E-state index in [4.69, 9.17) is 4.74 Å². The van der Waals surface area contributed by atoms with Gasteiger partial charge in [0.2, 0.25) is 0 Å². The molecular weight excluding hydrogens is 344 g/mol. The fraction of sp³-hybridized carbons (Fsp3) is 0.400. The molecule has 2 heterocycles. The first kappa shape index (κ1) is 21.8. The first-order chi connectivity index (χ1) is 9.83. The molecule has 0 radical (unpaired) electrons. The van der Waals surface area contributed by atoms with E-state index in [0.29, 0.717) is 0 Å². The van der Waals surface area contributed by atoms with E-state index < -0.39 is 0 Å². The Balaban J connectivity index is 0.00000161. The molecule has 3 rings (SSSR count). The summed E-state index contributed by atoms with van der Waals surface area (Å²) < 4.78 is 18.3. The quantitative estimate of drug-likeness (QED) is 0.901. The highest BCUT2D eigenvalue weighted by Crippen LogP contribution is 2.22. The smallest absolute Gasteiger partial charge is 0.123 e. The molecule has 1 aliphatic heterocycles. The number of rotatable bonds is 4. The van der Waals surface area contributed by atoms with Crippen LogP contribution in [0.25, 0.3) is 11.3 Å². The predicted molar refractivity (Wildman–Crippen MR) is 93.1 cm³/mol. The minimum absolute atomic E-state index is 0. The van der Waals surface area contributed by atoms with E-state index in [-0.39, 0.29) is 36.1 Å². The third-order valence-electron chi connectivity index (χ3n) is 3.64. The Labute approximate surface area is 147 Å². The number of nitrogens with one attached hydrogen (secondary N) is 1. The number of nitrogens with zero attached hydrogens (tertiary/aromatic N) is 2. The van der Waals surface area contributed by atoms with Crippen LogP contribution in [0.4, 0.5) is 4.39 Å². The largest absolute Gasteiger partial charge is 0.412 e. The summed E-state index contributed by atoms with van der Waals surface area (Å²) in [4.78, 5) is 2.39. The molecule has 1 aromatic carbocycles. The van der Waals surface area contributed by atoms with Gasteiger partial charge in [0.05, 0.1) is 18.9 Å². The van der Waals surface area contributed by atoms with Gasteiger partial charge in [-0.15, -0.1) is 24.8 Å². The van der Waals surface area contributed by atoms with E-state index in [2.05, 4.69) is 15.1 Å². The molecule has 8 heteroatoms. The van der Waals surface area contributed by atoms with Gasteiger partial charge in [0.15, 0.2) is 0 Å². The van der Waals surface area contributed by atoms with Crippen LogP contribution in [0.15, 0.2) is 30.5 Å². The lowest BCUT2D eigenvalue weighted by molar-refractivity contribution is 0.0384. The molecule has 0 aliphatic carbocycles. The van der Waals surface area contributed by atoms with Gasteiger partial charge in [-0.2, -0.15) is 5.10 Å². The maximum Gasteiger partial charge on any atom is 0.123 e. The van der Waals surface area contributed by atoms with E-state index in [0.717, 1.165) is 50.5 Å². The Bertz CT molecular complexity index is 560. The molecule has 23 heavy (non-hydrogen) atoms. The molecule has 1 aliphatic rings. The van der Waals surface area contributed by atoms with Crippen molar-refractivity contribution in [1.82, 2.24) is 15.1 Å². The van der Waals surface area contributed by atoms with Gasteiger partial charge in [-0.25, -0.2) is 4.39 Å². The van der Waals surface area contributed by atoms with Gasteiger partial charge in [0.1, 0.15) is 5.82 Å². The first-order valence-electron chi connectivity index (χ1n) is 6.91. The van der Waals surface area contributed by atoms with Crippen molar-refractivity contribution in [3.8, 4) is 11.3 Å². The zero-order valence-electron chi connectivity index (χ0n) is 12.6. The van der Waals surface area contributed by atoms with Gasteiger partial charge >= 0.3 is 0 Å². The maximum atomic E-state index is 13.0. The van der Waals surface area contributed by atoms with E-state index in [1.165, 1.54) is 17.7 Å². The normalized spacial score (nSPS) is 14.3. The number of morpholine rings is 1. The Morgan fingerprint density at radius 3 is 2.43 bits per heavy atom. The van der Waals surface area contributed by atoms with Gasteiger partial charge in [-0.05, 0) is 36.2 Å². The molecule has 1 fully saturated rings. The topological polar surface area (TPSA) is 72.7 Å². The molecule has 0 spiro atoms. The summed E-state index contributed by atoms with van der Waals surface area (Å²) >= 11 is 0. The molecule has 1 aromatic heterocycles. The molecule has 5 nitrogen and oxygen atoms in total. The molecule has 0 unspecified atom stereocenters. The summed E-state index contributed by atoms with van der Waals surface area (Å²) in [7, 11) is 0. The van der Waals surface area contributed by atoms with Gasteiger partial charge in [0.25, 0.3) is 0 Å². The molecule has 0 saturated carbocycles. The Hall–Kier alpha value is -1.18. The van der Waals surface area contributed by atoms with Gasteiger partial charge in [-0.3, -0.25) is 10.00 Å². The summed E-state index contributed by atoms with van der Waals surface area (Å²) in [6, 6.07) is 6.47. The van der Waals surface area contributed by atoms with E-state index in [1.54, 1.807) is 12.1 Å². The fourth-order valence-electron chi connectivity index (χ4n) is 2.47. The Morgan fingerprint density at radius 1 is 1.13 bits per heavy atom. The van der Waals surface area contributed by atoms with Crippen molar-refractivity contribution in [2.45, 2.75) is 6.42 Å². The van der Waals surface area contributed by atoms with Crippen LogP contribution < -0.4 is 0 Å². The molecule has 3 N–H and O–H groups in total. The van der Waals surface area contributed by atoms with Crippen molar-refractivity contribution in [1.29, 1.82) is 0 Å². The van der Waals surface area contributed by atoms with Crippen LogP contribution in [0.1, 0.15) is 5.56 Å². The third kappa shape index (κ3) is 5.75. The summed E-state index contributed by atoms with van der Waals surface area (Å²) in [6.45, 7) is 4.61. The van der Waals surface area contributed by atoms with E-state index >= 15 is 0 Å². The average molecular weight is 366 g/mol. The van der Waals surface area contributed by atoms with Gasteiger partial charge in [0, 0.05) is 31.4 Å². The zero-order valence-corrected chi connectivity index (χ0v) is 14.3. The molecule has 0 amide bonds. The lowest BCUT2D eigenvalue weighted by Crippen LogP contribution is -2.37. The van der Waals surface area contributed by atoms with E-state index in [1.807, 2.05) is 6.20 Å². The van der Waals surface area contributed by atoms with Gasteiger partial charge < -0.3 is 10.2 Å². The number of H-pyrrole nitrogens is 1. The molecule has 0 bridgehead atoms. The van der Waals surface area contributed by atoms with Crippen molar-refractivity contribution in [2.75, 3.05) is 32.8 Å². The van der Waals surface area contributed by atoms with Gasteiger partial charge in [-0.1, -0.05) is 0 Å². The number of halogens is 3. The Morgan fingerprint density at radius 2 is 1.78 bits per heavy atom. The van der Waals surface area contributed by atoms with Crippen molar-refractivity contribution < 1.29 is 14.6 Å². The molecule has 1 saturated heterocycles. The number of benzene rings is 1. The van der Waals surface area contributed by atoms with Crippen LogP contribution in [-0.4, -0.2) is 53.4 Å². The first-order valence-corrected chi connectivity index (χ1v) is 6.91. The highest BCUT2D eigenvalue weighted by molar-refractivity contribution is 5.85. The van der Waals surface area contributed by atoms with Crippen LogP contribution in [0.5, 0.6) is 0 Å². The standard InChI is InChI=1S/C15H18FN3O.2ClH.H2O/c16-14-3-1-12(2-4-14)15-13(11-17-18-15)5-6-19-7-9-20-10-8-19;;;/h1-4,11H,5-10H2,(H,17,18);2*1H;1H2. The van der Waals surface area contributed by atoms with Crippen LogP contribution in [0, 0.1) is 5.82 Å². The molecule has 0 atom stereocenters. The second kappa shape index (κ2) is 10.6. The maximum absolute atomic E-state index is 13.0. The molecule has 2 aromatic rings. The van der Waals surface area contributed by atoms with Crippen LogP contribution in [0.3, 0.4) is 0 Å². The summed E-state index contributed by atoms with van der Waals surface area (Å²) in [5.74, 6) is -0.223. The number of aromatic amines is 1. The zero-order chi connectivity index (χ0) is 13.8. The monoisotopic (exact) mass is 365 g/mol. The van der Waals surface area contributed by atoms with Crippen LogP contribution in [0.2, 0.25) is 0 Å².